The lowest BCUT2D eigenvalue weighted by Crippen LogP contribution is -2.20. The van der Waals surface area contributed by atoms with Gasteiger partial charge < -0.3 is 14.6 Å². The lowest BCUT2D eigenvalue weighted by molar-refractivity contribution is -0.0520. The van der Waals surface area contributed by atoms with E-state index in [9.17, 15) is 23.1 Å². The summed E-state index contributed by atoms with van der Waals surface area (Å²) in [6, 6.07) is 2.08. The molecule has 0 amide bonds. The summed E-state index contributed by atoms with van der Waals surface area (Å²) < 4.78 is 49.0. The van der Waals surface area contributed by atoms with Crippen molar-refractivity contribution in [3.63, 3.8) is 0 Å². The zero-order valence-electron chi connectivity index (χ0n) is 12.6. The number of hydrogen-bond donors (Lipinski definition) is 1. The van der Waals surface area contributed by atoms with Gasteiger partial charge in [-0.1, -0.05) is 6.42 Å². The first-order valence-electron chi connectivity index (χ1n) is 7.56. The Morgan fingerprint density at radius 2 is 1.96 bits per heavy atom. The number of ether oxygens (including phenoxy) is 2. The van der Waals surface area contributed by atoms with Gasteiger partial charge in [-0.2, -0.15) is 8.78 Å². The van der Waals surface area contributed by atoms with Crippen LogP contribution in [0, 0.1) is 5.82 Å². The van der Waals surface area contributed by atoms with E-state index in [1.54, 1.807) is 0 Å². The summed E-state index contributed by atoms with van der Waals surface area (Å²) >= 11 is 0.855. The molecule has 0 radical (unpaired) electrons. The van der Waals surface area contributed by atoms with Gasteiger partial charge in [0.05, 0.1) is 6.10 Å². The first-order chi connectivity index (χ1) is 11.5. The minimum Gasteiger partial charge on any atom is -0.488 e. The Balaban J connectivity index is 2.05. The molecule has 3 rings (SSSR count). The van der Waals surface area contributed by atoms with E-state index in [2.05, 4.69) is 4.74 Å². The lowest BCUT2D eigenvalue weighted by atomic mass is 9.98. The van der Waals surface area contributed by atoms with E-state index in [1.165, 1.54) is 0 Å². The Kier molecular flexibility index (Phi) is 4.84. The zero-order chi connectivity index (χ0) is 17.3. The number of hydrogen-bond acceptors (Lipinski definition) is 4. The predicted molar refractivity (Wildman–Crippen MR) is 82.9 cm³/mol. The van der Waals surface area contributed by atoms with Crippen molar-refractivity contribution in [2.45, 2.75) is 44.8 Å². The minimum absolute atomic E-state index is 0.0656. The van der Waals surface area contributed by atoms with Crippen LogP contribution >= 0.6 is 11.3 Å². The van der Waals surface area contributed by atoms with Gasteiger partial charge in [0, 0.05) is 10.1 Å². The van der Waals surface area contributed by atoms with Crippen LogP contribution in [0.4, 0.5) is 13.2 Å². The number of carboxylic acid groups (broad SMARTS) is 1. The SMILES string of the molecule is O=C(O)c1sc2cc(F)c(OC(F)F)cc2c1OC1CCCCC1. The van der Waals surface area contributed by atoms with Crippen LogP contribution in [0.3, 0.4) is 0 Å². The van der Waals surface area contributed by atoms with Crippen LogP contribution in [0.25, 0.3) is 10.1 Å². The van der Waals surface area contributed by atoms with Crippen LogP contribution in [0.15, 0.2) is 12.1 Å². The molecule has 1 aromatic carbocycles. The second kappa shape index (κ2) is 6.88. The third kappa shape index (κ3) is 3.43. The second-order valence-electron chi connectivity index (χ2n) is 5.60. The zero-order valence-corrected chi connectivity index (χ0v) is 13.4. The van der Waals surface area contributed by atoms with E-state index in [4.69, 9.17) is 4.74 Å². The van der Waals surface area contributed by atoms with E-state index >= 15 is 0 Å². The number of aromatic carboxylic acids is 1. The van der Waals surface area contributed by atoms with Crippen molar-refractivity contribution in [2.75, 3.05) is 0 Å². The third-order valence-corrected chi connectivity index (χ3v) is 5.07. The van der Waals surface area contributed by atoms with Crippen LogP contribution in [-0.2, 0) is 0 Å². The van der Waals surface area contributed by atoms with E-state index < -0.39 is 24.1 Å². The van der Waals surface area contributed by atoms with Crippen LogP contribution in [0.2, 0.25) is 0 Å². The van der Waals surface area contributed by atoms with Gasteiger partial charge in [0.15, 0.2) is 22.2 Å². The summed E-state index contributed by atoms with van der Waals surface area (Å²) in [6.45, 7) is -3.17. The molecule has 1 saturated carbocycles. The lowest BCUT2D eigenvalue weighted by Gasteiger charge is -2.23. The molecule has 0 atom stereocenters. The molecule has 1 aromatic heterocycles. The maximum atomic E-state index is 13.8. The van der Waals surface area contributed by atoms with Crippen molar-refractivity contribution < 1.29 is 32.5 Å². The monoisotopic (exact) mass is 360 g/mol. The van der Waals surface area contributed by atoms with Crippen molar-refractivity contribution in [1.82, 2.24) is 0 Å². The van der Waals surface area contributed by atoms with Gasteiger partial charge in [-0.05, 0) is 37.8 Å². The summed E-state index contributed by atoms with van der Waals surface area (Å²) in [4.78, 5) is 11.4. The van der Waals surface area contributed by atoms with Gasteiger partial charge in [-0.3, -0.25) is 0 Å². The largest absolute Gasteiger partial charge is 0.488 e. The summed E-state index contributed by atoms with van der Waals surface area (Å²) in [6.07, 6.45) is 4.57. The molecule has 8 heteroatoms. The van der Waals surface area contributed by atoms with E-state index in [0.717, 1.165) is 55.6 Å². The van der Waals surface area contributed by atoms with Crippen molar-refractivity contribution >= 4 is 27.4 Å². The fourth-order valence-electron chi connectivity index (χ4n) is 2.87. The highest BCUT2D eigenvalue weighted by molar-refractivity contribution is 7.21. The Labute approximate surface area is 139 Å². The quantitative estimate of drug-likeness (QED) is 0.810. The third-order valence-electron chi connectivity index (χ3n) is 3.94. The first kappa shape index (κ1) is 16.9. The van der Waals surface area contributed by atoms with Crippen molar-refractivity contribution in [1.29, 1.82) is 0 Å². The van der Waals surface area contributed by atoms with Crippen molar-refractivity contribution in [2.24, 2.45) is 0 Å². The molecule has 0 unspecified atom stereocenters. The number of halogens is 3. The van der Waals surface area contributed by atoms with Gasteiger partial charge in [0.25, 0.3) is 0 Å². The number of carbonyl (C=O) groups is 1. The summed E-state index contributed by atoms with van der Waals surface area (Å²) in [7, 11) is 0. The summed E-state index contributed by atoms with van der Waals surface area (Å²) in [5.74, 6) is -2.68. The Hall–Kier alpha value is -1.96. The molecule has 130 valence electrons. The Bertz CT molecular complexity index is 753. The fourth-order valence-corrected chi connectivity index (χ4v) is 3.85. The van der Waals surface area contributed by atoms with Gasteiger partial charge >= 0.3 is 12.6 Å². The van der Waals surface area contributed by atoms with Crippen LogP contribution < -0.4 is 9.47 Å². The number of rotatable bonds is 5. The van der Waals surface area contributed by atoms with E-state index in [-0.39, 0.29) is 22.1 Å². The molecule has 1 aliphatic carbocycles. The number of thiophene rings is 1. The van der Waals surface area contributed by atoms with Gasteiger partial charge in [0.2, 0.25) is 0 Å². The normalized spacial score (nSPS) is 15.8. The standard InChI is InChI=1S/C16H15F3O4S/c17-10-7-12-9(6-11(10)23-16(18)19)13(14(24-12)15(20)21)22-8-4-2-1-3-5-8/h6-8,16H,1-5H2,(H,20,21). The highest BCUT2D eigenvalue weighted by atomic mass is 32.1. The van der Waals surface area contributed by atoms with E-state index in [1.807, 2.05) is 0 Å². The number of carboxylic acids is 1. The van der Waals surface area contributed by atoms with Crippen molar-refractivity contribution in [3.05, 3.63) is 22.8 Å². The Morgan fingerprint density at radius 1 is 1.25 bits per heavy atom. The number of benzene rings is 1. The molecule has 0 bridgehead atoms. The molecule has 1 aliphatic rings. The molecule has 0 aliphatic heterocycles. The molecule has 4 nitrogen and oxygen atoms in total. The average molecular weight is 360 g/mol. The predicted octanol–water partition coefficient (Wildman–Crippen LogP) is 5.05. The molecule has 1 N–H and O–H groups in total. The molecule has 2 aromatic rings. The topological polar surface area (TPSA) is 55.8 Å². The van der Waals surface area contributed by atoms with Gasteiger partial charge in [-0.15, -0.1) is 11.3 Å². The molecule has 0 spiro atoms. The maximum Gasteiger partial charge on any atom is 0.387 e. The second-order valence-corrected chi connectivity index (χ2v) is 6.65. The number of alkyl halides is 2. The minimum atomic E-state index is -3.17. The average Bonchev–Trinajstić information content (AvgIpc) is 2.86. The van der Waals surface area contributed by atoms with Crippen LogP contribution in [0.5, 0.6) is 11.5 Å². The van der Waals surface area contributed by atoms with Gasteiger partial charge in [0.1, 0.15) is 0 Å². The summed E-state index contributed by atoms with van der Waals surface area (Å²) in [5, 5.41) is 9.64. The molecular formula is C16H15F3O4S. The highest BCUT2D eigenvalue weighted by Crippen LogP contribution is 2.42. The van der Waals surface area contributed by atoms with Crippen LogP contribution in [0.1, 0.15) is 41.8 Å². The maximum absolute atomic E-state index is 13.8. The first-order valence-corrected chi connectivity index (χ1v) is 8.38. The Morgan fingerprint density at radius 3 is 2.58 bits per heavy atom. The van der Waals surface area contributed by atoms with Crippen molar-refractivity contribution in [3.8, 4) is 11.5 Å². The van der Waals surface area contributed by atoms with E-state index in [0.29, 0.717) is 4.70 Å². The van der Waals surface area contributed by atoms with Gasteiger partial charge in [-0.25, -0.2) is 9.18 Å². The molecule has 24 heavy (non-hydrogen) atoms. The fraction of sp³-hybridized carbons (Fsp3) is 0.438. The highest BCUT2D eigenvalue weighted by Gasteiger charge is 2.25. The summed E-state index contributed by atoms with van der Waals surface area (Å²) in [5.41, 5.74) is 0. The van der Waals surface area contributed by atoms with Crippen LogP contribution in [-0.4, -0.2) is 23.8 Å². The molecule has 0 saturated heterocycles. The molecule has 1 fully saturated rings. The molecule has 1 heterocycles. The smallest absolute Gasteiger partial charge is 0.387 e. The molecular weight excluding hydrogens is 345 g/mol. The number of fused-ring (bicyclic) bond motifs is 1.